The maximum absolute atomic E-state index is 11.9. The van der Waals surface area contributed by atoms with Gasteiger partial charge >= 0.3 is 18.1 Å². The Balaban J connectivity index is 2.73. The first kappa shape index (κ1) is 13.4. The van der Waals surface area contributed by atoms with E-state index in [0.29, 0.717) is 11.3 Å². The van der Waals surface area contributed by atoms with Crippen molar-refractivity contribution in [1.29, 1.82) is 0 Å². The molecule has 0 radical (unpaired) electrons. The molecule has 1 unspecified atom stereocenters. The fourth-order valence-corrected chi connectivity index (χ4v) is 1.69. The molecule has 17 heavy (non-hydrogen) atoms. The van der Waals surface area contributed by atoms with Gasteiger partial charge in [0.15, 0.2) is 0 Å². The summed E-state index contributed by atoms with van der Waals surface area (Å²) in [5, 5.41) is 10.4. The van der Waals surface area contributed by atoms with Gasteiger partial charge in [0.2, 0.25) is 0 Å². The highest BCUT2D eigenvalue weighted by atomic mass is 32.1. The molecule has 9 heteroatoms. The predicted octanol–water partition coefficient (Wildman–Crippen LogP) is 1.58. The van der Waals surface area contributed by atoms with Crippen LogP contribution < -0.4 is 5.32 Å². The molecule has 0 aromatic carbocycles. The summed E-state index contributed by atoms with van der Waals surface area (Å²) in [5.41, 5.74) is 0. The van der Waals surface area contributed by atoms with Gasteiger partial charge in [-0.25, -0.2) is 9.78 Å². The second-order valence-corrected chi connectivity index (χ2v) is 4.12. The molecule has 94 valence electrons. The van der Waals surface area contributed by atoms with Crippen LogP contribution >= 0.6 is 11.3 Å². The Kier molecular flexibility index (Phi) is 3.71. The fraction of sp³-hybridized carbons (Fsp3) is 0.375. The number of carboxylic acids is 1. The number of halogens is 3. The van der Waals surface area contributed by atoms with Crippen LogP contribution in [0.5, 0.6) is 0 Å². The molecule has 0 aliphatic rings. The van der Waals surface area contributed by atoms with Crippen molar-refractivity contribution in [3.8, 4) is 0 Å². The molecule has 1 aromatic heterocycles. The van der Waals surface area contributed by atoms with Crippen molar-refractivity contribution in [2.24, 2.45) is 0 Å². The molecule has 0 fully saturated rings. The number of thiazole rings is 1. The van der Waals surface area contributed by atoms with E-state index in [0.717, 1.165) is 6.20 Å². The molecule has 1 atom stereocenters. The standard InChI is InChI=1S/C8H7F3N2O3S/c1-3(13-7(16)8(9,10)11)5-12-2-4(17-5)6(14)15/h2-3H,1H3,(H,13,16)(H,14,15). The molecule has 0 aliphatic heterocycles. The average molecular weight is 268 g/mol. The molecule has 0 bridgehead atoms. The number of nitrogens with one attached hydrogen (secondary N) is 1. The van der Waals surface area contributed by atoms with Crippen LogP contribution in [-0.4, -0.2) is 28.1 Å². The fourth-order valence-electron chi connectivity index (χ4n) is 0.927. The van der Waals surface area contributed by atoms with Crippen molar-refractivity contribution in [2.45, 2.75) is 19.1 Å². The molecule has 0 saturated heterocycles. The van der Waals surface area contributed by atoms with Gasteiger partial charge in [-0.2, -0.15) is 13.2 Å². The van der Waals surface area contributed by atoms with Crippen molar-refractivity contribution < 1.29 is 27.9 Å². The van der Waals surface area contributed by atoms with Gasteiger partial charge in [-0.05, 0) is 6.92 Å². The molecule has 1 heterocycles. The first-order chi connectivity index (χ1) is 7.71. The highest BCUT2D eigenvalue weighted by Gasteiger charge is 2.39. The zero-order valence-corrected chi connectivity index (χ0v) is 9.22. The lowest BCUT2D eigenvalue weighted by Gasteiger charge is -2.12. The average Bonchev–Trinajstić information content (AvgIpc) is 2.64. The Morgan fingerprint density at radius 2 is 2.12 bits per heavy atom. The second kappa shape index (κ2) is 4.70. The minimum atomic E-state index is -4.97. The van der Waals surface area contributed by atoms with E-state index in [1.165, 1.54) is 6.92 Å². The number of aromatic nitrogens is 1. The zero-order valence-electron chi connectivity index (χ0n) is 8.41. The third kappa shape index (κ3) is 3.41. The van der Waals surface area contributed by atoms with Crippen molar-refractivity contribution in [3.05, 3.63) is 16.1 Å². The van der Waals surface area contributed by atoms with Gasteiger partial charge in [-0.15, -0.1) is 11.3 Å². The SMILES string of the molecule is CC(NC(=O)C(F)(F)F)c1ncc(C(=O)O)s1. The van der Waals surface area contributed by atoms with E-state index >= 15 is 0 Å². The summed E-state index contributed by atoms with van der Waals surface area (Å²) in [6.07, 6.45) is -3.94. The smallest absolute Gasteiger partial charge is 0.471 e. The molecule has 1 rings (SSSR count). The molecule has 2 N–H and O–H groups in total. The molecular weight excluding hydrogens is 261 g/mol. The predicted molar refractivity (Wildman–Crippen MR) is 51.7 cm³/mol. The molecule has 1 amide bonds. The third-order valence-corrected chi connectivity index (χ3v) is 2.88. The highest BCUT2D eigenvalue weighted by Crippen LogP contribution is 2.22. The molecule has 0 saturated carbocycles. The molecular formula is C8H7F3N2O3S. The normalized spacial score (nSPS) is 13.2. The first-order valence-electron chi connectivity index (χ1n) is 4.28. The van der Waals surface area contributed by atoms with Gasteiger partial charge in [0.05, 0.1) is 12.2 Å². The van der Waals surface area contributed by atoms with E-state index < -0.39 is 24.1 Å². The van der Waals surface area contributed by atoms with Crippen LogP contribution in [0.2, 0.25) is 0 Å². The van der Waals surface area contributed by atoms with Crippen LogP contribution in [0.3, 0.4) is 0 Å². The first-order valence-corrected chi connectivity index (χ1v) is 5.10. The Bertz CT molecular complexity index is 443. The second-order valence-electron chi connectivity index (χ2n) is 3.06. The highest BCUT2D eigenvalue weighted by molar-refractivity contribution is 7.13. The van der Waals surface area contributed by atoms with Crippen LogP contribution in [0.1, 0.15) is 27.6 Å². The van der Waals surface area contributed by atoms with Crippen molar-refractivity contribution >= 4 is 23.2 Å². The maximum Gasteiger partial charge on any atom is 0.471 e. The molecule has 1 aromatic rings. The number of aromatic carboxylic acids is 1. The van der Waals surface area contributed by atoms with Crippen LogP contribution in [0.15, 0.2) is 6.20 Å². The van der Waals surface area contributed by atoms with Crippen molar-refractivity contribution in [3.63, 3.8) is 0 Å². The van der Waals surface area contributed by atoms with E-state index in [9.17, 15) is 22.8 Å². The van der Waals surface area contributed by atoms with Crippen LogP contribution in [-0.2, 0) is 4.79 Å². The topological polar surface area (TPSA) is 79.3 Å². The van der Waals surface area contributed by atoms with Crippen molar-refractivity contribution in [2.75, 3.05) is 0 Å². The van der Waals surface area contributed by atoms with Crippen LogP contribution in [0.25, 0.3) is 0 Å². The molecule has 5 nitrogen and oxygen atoms in total. The minimum Gasteiger partial charge on any atom is -0.477 e. The summed E-state index contributed by atoms with van der Waals surface area (Å²) in [5.74, 6) is -3.31. The summed E-state index contributed by atoms with van der Waals surface area (Å²) in [6.45, 7) is 1.29. The quantitative estimate of drug-likeness (QED) is 0.872. The number of nitrogens with zero attached hydrogens (tertiary/aromatic N) is 1. The minimum absolute atomic E-state index is 0.0972. The lowest BCUT2D eigenvalue weighted by molar-refractivity contribution is -0.174. The largest absolute Gasteiger partial charge is 0.477 e. The molecule has 0 spiro atoms. The maximum atomic E-state index is 11.9. The Labute approximate surface area is 97.3 Å². The number of carbonyl (C=O) groups is 2. The van der Waals surface area contributed by atoms with E-state index in [4.69, 9.17) is 5.11 Å². The van der Waals surface area contributed by atoms with E-state index in [2.05, 4.69) is 4.98 Å². The summed E-state index contributed by atoms with van der Waals surface area (Å²) in [4.78, 5) is 24.7. The number of carbonyl (C=O) groups excluding carboxylic acids is 1. The zero-order chi connectivity index (χ0) is 13.2. The lowest BCUT2D eigenvalue weighted by atomic mass is 10.3. The molecule has 0 aliphatic carbocycles. The van der Waals surface area contributed by atoms with Gasteiger partial charge in [-0.3, -0.25) is 4.79 Å². The lowest BCUT2D eigenvalue weighted by Crippen LogP contribution is -2.38. The van der Waals surface area contributed by atoms with Crippen LogP contribution in [0.4, 0.5) is 13.2 Å². The number of amides is 1. The summed E-state index contributed by atoms with van der Waals surface area (Å²) in [6, 6.07) is -0.998. The number of carboxylic acid groups (broad SMARTS) is 1. The number of hydrogen-bond donors (Lipinski definition) is 2. The number of rotatable bonds is 3. The monoisotopic (exact) mass is 268 g/mol. The van der Waals surface area contributed by atoms with E-state index in [-0.39, 0.29) is 9.88 Å². The summed E-state index contributed by atoms with van der Waals surface area (Å²) in [7, 11) is 0. The Morgan fingerprint density at radius 3 is 2.53 bits per heavy atom. The van der Waals surface area contributed by atoms with Gasteiger partial charge < -0.3 is 10.4 Å². The van der Waals surface area contributed by atoms with Crippen LogP contribution in [0, 0.1) is 0 Å². The van der Waals surface area contributed by atoms with Crippen molar-refractivity contribution in [1.82, 2.24) is 10.3 Å². The van der Waals surface area contributed by atoms with E-state index in [1.54, 1.807) is 5.32 Å². The Hall–Kier alpha value is -1.64. The summed E-state index contributed by atoms with van der Waals surface area (Å²) >= 11 is 0.709. The number of alkyl halides is 3. The van der Waals surface area contributed by atoms with Gasteiger partial charge in [-0.1, -0.05) is 0 Å². The van der Waals surface area contributed by atoms with E-state index in [1.807, 2.05) is 0 Å². The van der Waals surface area contributed by atoms with Gasteiger partial charge in [0.25, 0.3) is 0 Å². The summed E-state index contributed by atoms with van der Waals surface area (Å²) < 4.78 is 35.8. The third-order valence-electron chi connectivity index (χ3n) is 1.71. The Morgan fingerprint density at radius 1 is 1.53 bits per heavy atom. The van der Waals surface area contributed by atoms with Gasteiger partial charge in [0, 0.05) is 0 Å². The number of hydrogen-bond acceptors (Lipinski definition) is 4. The van der Waals surface area contributed by atoms with Gasteiger partial charge in [0.1, 0.15) is 9.88 Å².